The Morgan fingerprint density at radius 1 is 0.381 bits per heavy atom. The third-order valence-corrected chi connectivity index (χ3v) is 0. The Bertz CT molecular complexity index is 134. The van der Waals surface area contributed by atoms with Gasteiger partial charge in [-0.2, -0.15) is 15.6 Å². The van der Waals surface area contributed by atoms with Crippen LogP contribution in [0.4, 0.5) is 0 Å². The van der Waals surface area contributed by atoms with Gasteiger partial charge in [-0.05, 0) is 0 Å². The van der Waals surface area contributed by atoms with E-state index in [1.165, 1.54) is 0 Å². The van der Waals surface area contributed by atoms with Gasteiger partial charge in [-0.25, -0.2) is 0 Å². The Kier molecular flexibility index (Phi) is 275. The van der Waals surface area contributed by atoms with Gasteiger partial charge < -0.3 is 82.3 Å². The molecule has 16 N–H and O–H groups in total. The van der Waals surface area contributed by atoms with E-state index in [-0.39, 0.29) is 93.3 Å². The number of hydrogen-bond donors (Lipinski definition) is 0. The molecule has 152 valence electrons. The summed E-state index contributed by atoms with van der Waals surface area (Å²) in [4.78, 5) is 51.3. The maximum absolute atomic E-state index is 8.55. The average molecular weight is 510 g/mol. The summed E-state index contributed by atoms with van der Waals surface area (Å²) in [5, 5.41) is 0. The molecule has 0 saturated heterocycles. The minimum absolute atomic E-state index is 0. The molecule has 0 amide bonds. The molecule has 0 aromatic rings. The predicted molar refractivity (Wildman–Crippen MR) is 44.1 cm³/mol. The van der Waals surface area contributed by atoms with Crippen molar-refractivity contribution in [3.63, 3.8) is 0 Å². The van der Waals surface area contributed by atoms with Crippen LogP contribution in [-0.4, -0.2) is 43.8 Å². The van der Waals surface area contributed by atoms with Crippen molar-refractivity contribution in [1.29, 1.82) is 0 Å². The molecule has 0 bridgehead atoms. The fourth-order valence-electron chi connectivity index (χ4n) is 0. The molecule has 0 aliphatic rings. The molecule has 0 rings (SSSR count). The zero-order chi connectivity index (χ0) is 9.00. The van der Waals surface area contributed by atoms with Crippen molar-refractivity contribution >= 4 is 15.6 Å². The van der Waals surface area contributed by atoms with Crippen LogP contribution in [0.2, 0.25) is 0 Å². The summed E-state index contributed by atoms with van der Waals surface area (Å²) in [5.74, 6) is 0. The van der Waals surface area contributed by atoms with E-state index in [4.69, 9.17) is 38.5 Å². The summed E-state index contributed by atoms with van der Waals surface area (Å²) < 4.78 is 17.1. The van der Waals surface area contributed by atoms with Gasteiger partial charge in [-0.3, -0.25) is 0 Å². The van der Waals surface area contributed by atoms with E-state index >= 15 is 0 Å². The van der Waals surface area contributed by atoms with Gasteiger partial charge in [-0.1, -0.05) is 0 Å². The topological polar surface area (TPSA) is 424 Å². The van der Waals surface area contributed by atoms with Crippen LogP contribution in [0.5, 0.6) is 0 Å². The van der Waals surface area contributed by atoms with E-state index in [1.54, 1.807) is 0 Å². The van der Waals surface area contributed by atoms with Gasteiger partial charge >= 0.3 is 49.5 Å². The summed E-state index contributed by atoms with van der Waals surface area (Å²) in [7, 11) is -10.8. The molecule has 21 heteroatoms. The minimum Gasteiger partial charge on any atom is -0.822 e. The summed E-state index contributed by atoms with van der Waals surface area (Å²) in [6.07, 6.45) is 0. The Balaban J connectivity index is -0.00000000364. The number of phosphoric acid groups is 2. The molecule has 0 radical (unpaired) electrons. The van der Waals surface area contributed by atoms with E-state index in [2.05, 4.69) is 0 Å². The van der Waals surface area contributed by atoms with Crippen molar-refractivity contribution in [1.82, 2.24) is 0 Å². The van der Waals surface area contributed by atoms with Crippen LogP contribution >= 0.6 is 15.6 Å². The molecule has 0 saturated carbocycles. The van der Waals surface area contributed by atoms with Gasteiger partial charge in [0.1, 0.15) is 0 Å². The van der Waals surface area contributed by atoms with E-state index < -0.39 is 15.6 Å². The van der Waals surface area contributed by atoms with Gasteiger partial charge in [0.05, 0.1) is 0 Å². The summed E-state index contributed by atoms with van der Waals surface area (Å²) in [6.45, 7) is 0. The molecule has 0 aromatic heterocycles. The molecular weight excluding hydrogens is 494 g/mol. The summed E-state index contributed by atoms with van der Waals surface area (Å²) in [6, 6.07) is 0. The third-order valence-electron chi connectivity index (χ3n) is 0. The number of hydrogen-bond acceptors (Lipinski definition) is 8. The second-order valence-electron chi connectivity index (χ2n) is 0.894. The van der Waals surface area contributed by atoms with Gasteiger partial charge in [0, 0.05) is 0 Å². The maximum Gasteiger partial charge on any atom is 2.00 e. The molecule has 0 spiro atoms. The van der Waals surface area contributed by atoms with Crippen LogP contribution < -0.4 is 29.4 Å². The molecule has 16 nitrogen and oxygen atoms in total. The maximum atomic E-state index is 8.55. The van der Waals surface area contributed by atoms with E-state index in [0.29, 0.717) is 0 Å². The molecule has 0 aliphatic heterocycles. The standard InChI is InChI=1S/3Ni.2H3O4P.8H2O/c;;;2*1-5(2,3)4;;;;;;;;/h;;;2*(H3,1,2,3,4);8*1H2/q3*+2;;;;;;;;;;/p-6. The second kappa shape index (κ2) is 49.6. The largest absolute Gasteiger partial charge is 2.00 e. The minimum atomic E-state index is -5.39. The first kappa shape index (κ1) is 116. The Labute approximate surface area is 147 Å². The second-order valence-corrected chi connectivity index (χ2v) is 2.68. The molecule has 0 fully saturated rings. The van der Waals surface area contributed by atoms with Crippen LogP contribution in [0, 0.1) is 0 Å². The molecule has 0 heterocycles. The van der Waals surface area contributed by atoms with Crippen LogP contribution in [0.15, 0.2) is 0 Å². The fraction of sp³-hybridized carbons (Fsp3) is 0. The van der Waals surface area contributed by atoms with Crippen molar-refractivity contribution in [2.75, 3.05) is 0 Å². The van der Waals surface area contributed by atoms with Gasteiger partial charge in [0.15, 0.2) is 0 Å². The fourth-order valence-corrected chi connectivity index (χ4v) is 0. The van der Waals surface area contributed by atoms with Crippen LogP contribution in [0.25, 0.3) is 0 Å². The monoisotopic (exact) mass is 508 g/mol. The molecule has 0 aromatic carbocycles. The van der Waals surface area contributed by atoms with Gasteiger partial charge in [0.2, 0.25) is 0 Å². The van der Waals surface area contributed by atoms with Crippen molar-refractivity contribution in [3.8, 4) is 0 Å². The Morgan fingerprint density at radius 2 is 0.381 bits per heavy atom. The molecule has 0 aliphatic carbocycles. The van der Waals surface area contributed by atoms with Crippen LogP contribution in [-0.2, 0) is 58.6 Å². The number of rotatable bonds is 0. The smallest absolute Gasteiger partial charge is 0.822 e. The van der Waals surface area contributed by atoms with Crippen molar-refractivity contribution < 1.29 is 132 Å². The zero-order valence-corrected chi connectivity index (χ0v) is 13.9. The summed E-state index contributed by atoms with van der Waals surface area (Å²) in [5.41, 5.74) is 0. The third kappa shape index (κ3) is 4210. The first-order valence-electron chi connectivity index (χ1n) is 1.46. The first-order valence-corrected chi connectivity index (χ1v) is 4.38. The Hall–Kier alpha value is 1.38. The average Bonchev–Trinajstić information content (AvgIpc) is 1.12. The molecule has 21 heavy (non-hydrogen) atoms. The van der Waals surface area contributed by atoms with Gasteiger partial charge in [-0.15, -0.1) is 0 Å². The predicted octanol–water partition coefficient (Wildman–Crippen LogP) is -12.3. The molecular formula is H16Ni3O16P2. The van der Waals surface area contributed by atoms with Crippen molar-refractivity contribution in [3.05, 3.63) is 0 Å². The van der Waals surface area contributed by atoms with E-state index in [9.17, 15) is 0 Å². The quantitative estimate of drug-likeness (QED) is 0.222. The van der Waals surface area contributed by atoms with Crippen molar-refractivity contribution in [2.45, 2.75) is 0 Å². The van der Waals surface area contributed by atoms with Crippen molar-refractivity contribution in [2.24, 2.45) is 0 Å². The molecule has 0 unspecified atom stereocenters. The van der Waals surface area contributed by atoms with Crippen LogP contribution in [0.1, 0.15) is 0 Å². The van der Waals surface area contributed by atoms with E-state index in [1.807, 2.05) is 0 Å². The Morgan fingerprint density at radius 3 is 0.381 bits per heavy atom. The molecule has 0 atom stereocenters. The zero-order valence-electron chi connectivity index (χ0n) is 9.11. The normalized spacial score (nSPS) is 5.62. The van der Waals surface area contributed by atoms with Crippen LogP contribution in [0.3, 0.4) is 0 Å². The van der Waals surface area contributed by atoms with E-state index in [0.717, 1.165) is 0 Å². The SMILES string of the molecule is O.O.O.O.O.O.O.O.O=P([O-])([O-])[O-].O=P([O-])([O-])[O-].[Ni+2].[Ni+2].[Ni+2]. The summed E-state index contributed by atoms with van der Waals surface area (Å²) >= 11 is 0. The van der Waals surface area contributed by atoms with Gasteiger partial charge in [0.25, 0.3) is 0 Å². The first-order chi connectivity index (χ1) is 4.00.